The summed E-state index contributed by atoms with van der Waals surface area (Å²) in [6.45, 7) is 8.80. The van der Waals surface area contributed by atoms with Crippen LogP contribution in [0.2, 0.25) is 0 Å². The maximum Gasteiger partial charge on any atom is 0.249 e. The van der Waals surface area contributed by atoms with Gasteiger partial charge in [-0.3, -0.25) is 9.59 Å². The molecule has 0 fully saturated rings. The summed E-state index contributed by atoms with van der Waals surface area (Å²) in [5.41, 5.74) is 5.98. The highest BCUT2D eigenvalue weighted by Crippen LogP contribution is 2.33. The van der Waals surface area contributed by atoms with Gasteiger partial charge in [0.2, 0.25) is 11.8 Å². The molecule has 2 N–H and O–H groups in total. The Morgan fingerprint density at radius 3 is 2.43 bits per heavy atom. The second-order valence-corrected chi connectivity index (χ2v) is 7.68. The van der Waals surface area contributed by atoms with Crippen molar-refractivity contribution in [3.05, 3.63) is 50.6 Å². The zero-order chi connectivity index (χ0) is 22.1. The van der Waals surface area contributed by atoms with Crippen LogP contribution in [-0.2, 0) is 9.59 Å². The lowest BCUT2D eigenvalue weighted by atomic mass is 10.1. The Labute approximate surface area is 190 Å². The molecule has 30 heavy (non-hydrogen) atoms. The first-order valence-electron chi connectivity index (χ1n) is 9.62. The molecule has 0 heterocycles. The third-order valence-electron chi connectivity index (χ3n) is 4.14. The number of carbonyl (C=O) groups excluding carboxylic acids is 2. The predicted molar refractivity (Wildman–Crippen MR) is 126 cm³/mol. The van der Waals surface area contributed by atoms with Crippen molar-refractivity contribution in [2.75, 3.05) is 18.5 Å². The van der Waals surface area contributed by atoms with E-state index in [1.165, 1.54) is 6.21 Å². The lowest BCUT2D eigenvalue weighted by Gasteiger charge is -2.13. The van der Waals surface area contributed by atoms with Crippen LogP contribution in [0.1, 0.15) is 37.0 Å². The molecule has 0 aliphatic rings. The summed E-state index contributed by atoms with van der Waals surface area (Å²) in [5, 5.41) is 6.65. The van der Waals surface area contributed by atoms with E-state index < -0.39 is 11.8 Å². The maximum absolute atomic E-state index is 12.1. The van der Waals surface area contributed by atoms with E-state index in [2.05, 4.69) is 38.4 Å². The number of nitrogens with zero attached hydrogens (tertiary/aromatic N) is 1. The molecule has 7 nitrogen and oxygen atoms in total. The number of hydrazone groups is 1. The smallest absolute Gasteiger partial charge is 0.249 e. The zero-order valence-electron chi connectivity index (χ0n) is 17.5. The van der Waals surface area contributed by atoms with Crippen LogP contribution in [0.4, 0.5) is 5.69 Å². The van der Waals surface area contributed by atoms with Gasteiger partial charge in [0.25, 0.3) is 0 Å². The second kappa shape index (κ2) is 11.5. The summed E-state index contributed by atoms with van der Waals surface area (Å²) in [6, 6.07) is 9.26. The third kappa shape index (κ3) is 7.01. The van der Waals surface area contributed by atoms with Crippen molar-refractivity contribution < 1.29 is 19.1 Å². The quantitative estimate of drug-likeness (QED) is 0.223. The van der Waals surface area contributed by atoms with Gasteiger partial charge in [-0.25, -0.2) is 5.43 Å². The summed E-state index contributed by atoms with van der Waals surface area (Å²) in [4.78, 5) is 24.1. The normalized spacial score (nSPS) is 10.7. The maximum atomic E-state index is 12.1. The Kier molecular flexibility index (Phi) is 9.10. The van der Waals surface area contributed by atoms with Crippen LogP contribution in [0.5, 0.6) is 11.5 Å². The lowest BCUT2D eigenvalue weighted by molar-refractivity contribution is -0.126. The molecule has 0 bridgehead atoms. The van der Waals surface area contributed by atoms with Gasteiger partial charge in [0.15, 0.2) is 11.5 Å². The minimum Gasteiger partial charge on any atom is -0.490 e. The summed E-state index contributed by atoms with van der Waals surface area (Å²) in [7, 11) is 0. The van der Waals surface area contributed by atoms with Gasteiger partial charge in [0.05, 0.1) is 23.0 Å². The molecular formula is C22H26IN3O4. The number of hydrogen-bond acceptors (Lipinski definition) is 5. The van der Waals surface area contributed by atoms with Crippen molar-refractivity contribution in [1.29, 1.82) is 0 Å². The number of benzene rings is 2. The van der Waals surface area contributed by atoms with Crippen LogP contribution in [0, 0.1) is 17.4 Å². The van der Waals surface area contributed by atoms with Gasteiger partial charge in [-0.1, -0.05) is 6.07 Å². The van der Waals surface area contributed by atoms with E-state index in [1.807, 2.05) is 45.9 Å². The number of anilines is 1. The lowest BCUT2D eigenvalue weighted by Crippen LogP contribution is -2.24. The Morgan fingerprint density at radius 2 is 1.77 bits per heavy atom. The average Bonchev–Trinajstić information content (AvgIpc) is 2.67. The number of amides is 2. The van der Waals surface area contributed by atoms with E-state index in [-0.39, 0.29) is 6.42 Å². The van der Waals surface area contributed by atoms with Crippen LogP contribution in [0.3, 0.4) is 0 Å². The van der Waals surface area contributed by atoms with E-state index in [4.69, 9.17) is 9.47 Å². The topological polar surface area (TPSA) is 89.0 Å². The molecule has 160 valence electrons. The standard InChI is InChI=1S/C22H26IN3O4/c1-5-29-19-11-16(10-18(23)22(19)30-6-2)13-24-26-21(28)12-20(27)25-17-8-7-14(3)15(4)9-17/h7-11,13H,5-6,12H2,1-4H3,(H,25,27)(H,26,28). The van der Waals surface area contributed by atoms with E-state index in [0.29, 0.717) is 30.4 Å². The van der Waals surface area contributed by atoms with Gasteiger partial charge >= 0.3 is 0 Å². The van der Waals surface area contributed by atoms with Gasteiger partial charge in [0.1, 0.15) is 6.42 Å². The van der Waals surface area contributed by atoms with Gasteiger partial charge in [-0.2, -0.15) is 5.10 Å². The summed E-state index contributed by atoms with van der Waals surface area (Å²) in [5.74, 6) is 0.398. The first-order valence-corrected chi connectivity index (χ1v) is 10.7. The highest BCUT2D eigenvalue weighted by molar-refractivity contribution is 14.1. The van der Waals surface area contributed by atoms with Gasteiger partial charge in [0, 0.05) is 5.69 Å². The van der Waals surface area contributed by atoms with E-state index in [0.717, 1.165) is 20.3 Å². The Balaban J connectivity index is 1.94. The molecule has 0 unspecified atom stereocenters. The van der Waals surface area contributed by atoms with E-state index in [9.17, 15) is 9.59 Å². The number of nitrogens with one attached hydrogen (secondary N) is 2. The molecule has 0 saturated carbocycles. The Hall–Kier alpha value is -2.62. The molecule has 0 aromatic heterocycles. The highest BCUT2D eigenvalue weighted by Gasteiger charge is 2.12. The minimum atomic E-state index is -0.502. The fourth-order valence-corrected chi connectivity index (χ4v) is 3.38. The van der Waals surface area contributed by atoms with Gasteiger partial charge in [-0.05, 0) is 91.2 Å². The van der Waals surface area contributed by atoms with Crippen molar-refractivity contribution in [2.24, 2.45) is 5.10 Å². The van der Waals surface area contributed by atoms with E-state index >= 15 is 0 Å². The summed E-state index contributed by atoms with van der Waals surface area (Å²) in [6.07, 6.45) is 1.18. The SMILES string of the molecule is CCOc1cc(C=NNC(=O)CC(=O)Nc2ccc(C)c(C)c2)cc(I)c1OCC. The molecule has 0 aliphatic carbocycles. The number of ether oxygens (including phenoxy) is 2. The molecule has 0 spiro atoms. The minimum absolute atomic E-state index is 0.324. The van der Waals surface area contributed by atoms with Crippen molar-refractivity contribution in [3.63, 3.8) is 0 Å². The van der Waals surface area contributed by atoms with Crippen molar-refractivity contribution >= 4 is 46.3 Å². The average molecular weight is 523 g/mol. The fraction of sp³-hybridized carbons (Fsp3) is 0.318. The van der Waals surface area contributed by atoms with Crippen LogP contribution < -0.4 is 20.2 Å². The highest BCUT2D eigenvalue weighted by atomic mass is 127. The number of carbonyl (C=O) groups is 2. The van der Waals surface area contributed by atoms with Crippen LogP contribution in [0.15, 0.2) is 35.4 Å². The van der Waals surface area contributed by atoms with Crippen molar-refractivity contribution in [2.45, 2.75) is 34.1 Å². The molecule has 2 rings (SSSR count). The second-order valence-electron chi connectivity index (χ2n) is 6.51. The molecule has 0 aliphatic heterocycles. The molecule has 0 saturated heterocycles. The van der Waals surface area contributed by atoms with Crippen molar-refractivity contribution in [3.8, 4) is 11.5 Å². The first kappa shape index (κ1) is 23.7. The molecule has 0 atom stereocenters. The number of rotatable bonds is 9. The molecular weight excluding hydrogens is 497 g/mol. The molecule has 0 radical (unpaired) electrons. The summed E-state index contributed by atoms with van der Waals surface area (Å²) < 4.78 is 12.1. The third-order valence-corrected chi connectivity index (χ3v) is 4.94. The Morgan fingerprint density at radius 1 is 1.03 bits per heavy atom. The van der Waals surface area contributed by atoms with Gasteiger partial charge < -0.3 is 14.8 Å². The zero-order valence-corrected chi connectivity index (χ0v) is 19.7. The van der Waals surface area contributed by atoms with Crippen LogP contribution >= 0.6 is 22.6 Å². The molecule has 8 heteroatoms. The number of halogens is 1. The van der Waals surface area contributed by atoms with Gasteiger partial charge in [-0.15, -0.1) is 0 Å². The molecule has 2 aromatic rings. The van der Waals surface area contributed by atoms with Crippen LogP contribution in [-0.4, -0.2) is 31.2 Å². The fourth-order valence-electron chi connectivity index (χ4n) is 2.60. The molecule has 2 aromatic carbocycles. The summed E-state index contributed by atoms with van der Waals surface area (Å²) >= 11 is 2.16. The Bertz CT molecular complexity index is 944. The van der Waals surface area contributed by atoms with Crippen LogP contribution in [0.25, 0.3) is 0 Å². The number of hydrogen-bond donors (Lipinski definition) is 2. The predicted octanol–water partition coefficient (Wildman–Crippen LogP) is 4.18. The van der Waals surface area contributed by atoms with E-state index in [1.54, 1.807) is 12.1 Å². The monoisotopic (exact) mass is 523 g/mol. The molecule has 2 amide bonds. The first-order chi connectivity index (χ1) is 14.3. The number of aryl methyl sites for hydroxylation is 2. The van der Waals surface area contributed by atoms with Crippen molar-refractivity contribution in [1.82, 2.24) is 5.43 Å². The largest absolute Gasteiger partial charge is 0.490 e.